The first-order valence-corrected chi connectivity index (χ1v) is 6.21. The van der Waals surface area contributed by atoms with Crippen LogP contribution in [0.2, 0.25) is 0 Å². The number of Topliss-reactive ketones (excluding diaryl/α,β-unsaturated/α-hetero) is 1. The van der Waals surface area contributed by atoms with Gasteiger partial charge < -0.3 is 9.47 Å². The zero-order valence-electron chi connectivity index (χ0n) is 11.5. The monoisotopic (exact) mass is 244 g/mol. The molecule has 0 radical (unpaired) electrons. The number of hydrogen-bond acceptors (Lipinski definition) is 4. The molecule has 0 aliphatic heterocycles. The maximum absolute atomic E-state index is 11.8. The average molecular weight is 244 g/mol. The van der Waals surface area contributed by atoms with E-state index < -0.39 is 11.7 Å². The van der Waals surface area contributed by atoms with Crippen LogP contribution in [-0.2, 0) is 19.1 Å². The van der Waals surface area contributed by atoms with E-state index in [9.17, 15) is 9.59 Å². The molecular weight excluding hydrogens is 220 g/mol. The molecule has 4 heteroatoms. The van der Waals surface area contributed by atoms with Crippen LogP contribution in [0.25, 0.3) is 0 Å². The van der Waals surface area contributed by atoms with E-state index in [1.807, 2.05) is 27.7 Å². The molecule has 0 spiro atoms. The summed E-state index contributed by atoms with van der Waals surface area (Å²) in [6.45, 7) is 9.24. The van der Waals surface area contributed by atoms with Crippen molar-refractivity contribution in [3.8, 4) is 0 Å². The van der Waals surface area contributed by atoms with Gasteiger partial charge in [0.2, 0.25) is 6.29 Å². The Balaban J connectivity index is 4.22. The third-order valence-corrected chi connectivity index (χ3v) is 2.83. The molecule has 1 unspecified atom stereocenters. The van der Waals surface area contributed by atoms with E-state index in [1.165, 1.54) is 0 Å². The minimum Gasteiger partial charge on any atom is -0.435 e. The van der Waals surface area contributed by atoms with E-state index in [0.29, 0.717) is 19.3 Å². The molecule has 0 bridgehead atoms. The standard InChI is InChI=1S/C13H24O4/c1-6-10(14)9-16-11(7-2)17-12(15)13(4,5)8-3/h11H,6-9H2,1-5H3. The second-order valence-corrected chi connectivity index (χ2v) is 4.68. The molecule has 0 aromatic carbocycles. The average Bonchev–Trinajstić information content (AvgIpc) is 2.33. The Labute approximate surface area is 104 Å². The summed E-state index contributed by atoms with van der Waals surface area (Å²) >= 11 is 0. The zero-order valence-corrected chi connectivity index (χ0v) is 11.5. The van der Waals surface area contributed by atoms with Crippen LogP contribution in [0.15, 0.2) is 0 Å². The van der Waals surface area contributed by atoms with Gasteiger partial charge >= 0.3 is 5.97 Å². The Morgan fingerprint density at radius 3 is 2.18 bits per heavy atom. The molecule has 0 aliphatic carbocycles. The summed E-state index contributed by atoms with van der Waals surface area (Å²) in [6, 6.07) is 0. The number of esters is 1. The van der Waals surface area contributed by atoms with Gasteiger partial charge in [-0.2, -0.15) is 0 Å². The van der Waals surface area contributed by atoms with Gasteiger partial charge in [0.25, 0.3) is 0 Å². The fourth-order valence-corrected chi connectivity index (χ4v) is 0.946. The van der Waals surface area contributed by atoms with Crippen LogP contribution < -0.4 is 0 Å². The SMILES string of the molecule is CCC(=O)COC(CC)OC(=O)C(C)(C)CC. The van der Waals surface area contributed by atoms with Crippen LogP contribution in [0.4, 0.5) is 0 Å². The summed E-state index contributed by atoms with van der Waals surface area (Å²) in [4.78, 5) is 22.9. The highest BCUT2D eigenvalue weighted by atomic mass is 16.7. The first-order chi connectivity index (χ1) is 7.87. The summed E-state index contributed by atoms with van der Waals surface area (Å²) in [5.41, 5.74) is -0.508. The molecule has 0 saturated heterocycles. The Morgan fingerprint density at radius 1 is 1.18 bits per heavy atom. The maximum atomic E-state index is 11.8. The lowest BCUT2D eigenvalue weighted by atomic mass is 9.91. The highest BCUT2D eigenvalue weighted by Gasteiger charge is 2.29. The summed E-state index contributed by atoms with van der Waals surface area (Å²) in [5.74, 6) is -0.273. The molecule has 100 valence electrons. The van der Waals surface area contributed by atoms with Crippen molar-refractivity contribution in [2.75, 3.05) is 6.61 Å². The molecule has 0 rings (SSSR count). The van der Waals surface area contributed by atoms with Gasteiger partial charge in [0, 0.05) is 12.8 Å². The van der Waals surface area contributed by atoms with Crippen molar-refractivity contribution < 1.29 is 19.1 Å². The van der Waals surface area contributed by atoms with E-state index >= 15 is 0 Å². The lowest BCUT2D eigenvalue weighted by molar-refractivity contribution is -0.190. The van der Waals surface area contributed by atoms with E-state index in [4.69, 9.17) is 9.47 Å². The predicted octanol–water partition coefficient (Wildman–Crippen LogP) is 2.70. The number of rotatable bonds is 8. The summed E-state index contributed by atoms with van der Waals surface area (Å²) in [5, 5.41) is 0. The smallest absolute Gasteiger partial charge is 0.313 e. The summed E-state index contributed by atoms with van der Waals surface area (Å²) in [7, 11) is 0. The van der Waals surface area contributed by atoms with Crippen LogP contribution in [0.5, 0.6) is 0 Å². The lowest BCUT2D eigenvalue weighted by Crippen LogP contribution is -2.32. The molecule has 0 aromatic rings. The molecule has 0 heterocycles. The van der Waals surface area contributed by atoms with Crippen LogP contribution in [0.1, 0.15) is 53.9 Å². The van der Waals surface area contributed by atoms with Gasteiger partial charge in [-0.15, -0.1) is 0 Å². The van der Waals surface area contributed by atoms with Gasteiger partial charge in [0.1, 0.15) is 6.61 Å². The highest BCUT2D eigenvalue weighted by molar-refractivity contribution is 5.79. The Kier molecular flexibility index (Phi) is 7.04. The number of ether oxygens (including phenoxy) is 2. The second-order valence-electron chi connectivity index (χ2n) is 4.68. The fraction of sp³-hybridized carbons (Fsp3) is 0.846. The van der Waals surface area contributed by atoms with Crippen LogP contribution >= 0.6 is 0 Å². The second kappa shape index (κ2) is 7.43. The van der Waals surface area contributed by atoms with Crippen molar-refractivity contribution in [3.05, 3.63) is 0 Å². The number of carbonyl (C=O) groups excluding carboxylic acids is 2. The third-order valence-electron chi connectivity index (χ3n) is 2.83. The van der Waals surface area contributed by atoms with E-state index in [0.717, 1.165) is 0 Å². The Bertz CT molecular complexity index is 258. The van der Waals surface area contributed by atoms with Crippen molar-refractivity contribution in [1.29, 1.82) is 0 Å². The van der Waals surface area contributed by atoms with Crippen molar-refractivity contribution >= 4 is 11.8 Å². The first kappa shape index (κ1) is 16.1. The van der Waals surface area contributed by atoms with Gasteiger partial charge in [-0.05, 0) is 20.3 Å². The zero-order chi connectivity index (χ0) is 13.5. The minimum atomic E-state index is -0.621. The van der Waals surface area contributed by atoms with Crippen LogP contribution in [-0.4, -0.2) is 24.6 Å². The van der Waals surface area contributed by atoms with Crippen molar-refractivity contribution in [3.63, 3.8) is 0 Å². The summed E-state index contributed by atoms with van der Waals surface area (Å²) < 4.78 is 10.5. The topological polar surface area (TPSA) is 52.6 Å². The minimum absolute atomic E-state index is 0.00857. The number of ketones is 1. The van der Waals surface area contributed by atoms with Gasteiger partial charge in [0.15, 0.2) is 5.78 Å². The van der Waals surface area contributed by atoms with Crippen molar-refractivity contribution in [2.24, 2.45) is 5.41 Å². The van der Waals surface area contributed by atoms with E-state index in [-0.39, 0.29) is 18.4 Å². The van der Waals surface area contributed by atoms with Gasteiger partial charge in [-0.25, -0.2) is 0 Å². The molecule has 0 N–H and O–H groups in total. The van der Waals surface area contributed by atoms with Crippen molar-refractivity contribution in [2.45, 2.75) is 60.2 Å². The van der Waals surface area contributed by atoms with E-state index in [2.05, 4.69) is 0 Å². The molecule has 1 atom stereocenters. The van der Waals surface area contributed by atoms with Crippen LogP contribution in [0.3, 0.4) is 0 Å². The van der Waals surface area contributed by atoms with Gasteiger partial charge in [-0.3, -0.25) is 9.59 Å². The molecule has 0 fully saturated rings. The van der Waals surface area contributed by atoms with Gasteiger partial charge in [0.05, 0.1) is 5.41 Å². The fourth-order valence-electron chi connectivity index (χ4n) is 0.946. The summed E-state index contributed by atoms with van der Waals surface area (Å²) in [6.07, 6.45) is 1.06. The number of carbonyl (C=O) groups is 2. The normalized spacial score (nSPS) is 13.2. The molecule has 0 saturated carbocycles. The maximum Gasteiger partial charge on any atom is 0.313 e. The predicted molar refractivity (Wildman–Crippen MR) is 65.5 cm³/mol. The van der Waals surface area contributed by atoms with Gasteiger partial charge in [-0.1, -0.05) is 20.8 Å². The lowest BCUT2D eigenvalue weighted by Gasteiger charge is -2.24. The molecule has 4 nitrogen and oxygen atoms in total. The van der Waals surface area contributed by atoms with Crippen LogP contribution in [0, 0.1) is 5.41 Å². The Morgan fingerprint density at radius 2 is 1.76 bits per heavy atom. The largest absolute Gasteiger partial charge is 0.435 e. The quantitative estimate of drug-likeness (QED) is 0.486. The molecular formula is C13H24O4. The van der Waals surface area contributed by atoms with Crippen molar-refractivity contribution in [1.82, 2.24) is 0 Å². The molecule has 17 heavy (non-hydrogen) atoms. The van der Waals surface area contributed by atoms with E-state index in [1.54, 1.807) is 6.92 Å². The molecule has 0 amide bonds. The highest BCUT2D eigenvalue weighted by Crippen LogP contribution is 2.22. The number of hydrogen-bond donors (Lipinski definition) is 0. The third kappa shape index (κ3) is 5.82. The Hall–Kier alpha value is -0.900. The molecule has 0 aromatic heterocycles. The molecule has 0 aliphatic rings. The first-order valence-electron chi connectivity index (χ1n) is 6.21.